The van der Waals surface area contributed by atoms with Crippen molar-refractivity contribution in [2.75, 3.05) is 11.8 Å². The first-order valence-electron chi connectivity index (χ1n) is 5.79. The fourth-order valence-electron chi connectivity index (χ4n) is 1.56. The molecule has 0 saturated heterocycles. The molecule has 118 valence electrons. The lowest BCUT2D eigenvalue weighted by Crippen LogP contribution is -2.17. The van der Waals surface area contributed by atoms with Crippen LogP contribution >= 0.6 is 11.6 Å². The summed E-state index contributed by atoms with van der Waals surface area (Å²) in [6.07, 6.45) is 1.91. The van der Waals surface area contributed by atoms with Gasteiger partial charge in [-0.3, -0.25) is 4.72 Å². The van der Waals surface area contributed by atoms with Crippen LogP contribution in [-0.4, -0.2) is 25.5 Å². The number of anilines is 1. The lowest BCUT2D eigenvalue weighted by Gasteiger charge is -2.11. The number of halogens is 3. The third kappa shape index (κ3) is 3.09. The van der Waals surface area contributed by atoms with E-state index in [1.807, 2.05) is 4.72 Å². The van der Waals surface area contributed by atoms with Gasteiger partial charge < -0.3 is 4.74 Å². The molecule has 0 bridgehead atoms. The molecule has 1 N–H and O–H groups in total. The molecular weight excluding hydrogens is 340 g/mol. The highest BCUT2D eigenvalue weighted by molar-refractivity contribution is 7.92. The Morgan fingerprint density at radius 2 is 1.95 bits per heavy atom. The van der Waals surface area contributed by atoms with Crippen LogP contribution in [0.1, 0.15) is 5.56 Å². The summed E-state index contributed by atoms with van der Waals surface area (Å²) in [5.41, 5.74) is -0.358. The molecule has 0 aliphatic carbocycles. The van der Waals surface area contributed by atoms with Gasteiger partial charge in [-0.05, 0) is 13.0 Å². The summed E-state index contributed by atoms with van der Waals surface area (Å²) in [6.45, 7) is 1.16. The highest BCUT2D eigenvalue weighted by Crippen LogP contribution is 2.27. The number of aromatic nitrogens is 2. The Balaban J connectivity index is 2.49. The van der Waals surface area contributed by atoms with Crippen LogP contribution in [0, 0.1) is 18.6 Å². The van der Waals surface area contributed by atoms with Crippen molar-refractivity contribution in [1.82, 2.24) is 9.97 Å². The standard InChI is InChI=1S/C12H10ClF2N3O3S/c1-6-8(14)5-16-11(10(6)15)18-22(19,20)9-3-7(13)4-17-12(9)21-2/h3-5H,1-2H3,(H,16,18). The monoisotopic (exact) mass is 349 g/mol. The second-order valence-electron chi connectivity index (χ2n) is 4.16. The van der Waals surface area contributed by atoms with Crippen LogP contribution in [0.15, 0.2) is 23.4 Å². The average Bonchev–Trinajstić information content (AvgIpc) is 2.48. The van der Waals surface area contributed by atoms with E-state index in [1.54, 1.807) is 0 Å². The summed E-state index contributed by atoms with van der Waals surface area (Å²) in [7, 11) is -3.06. The molecule has 0 aromatic carbocycles. The van der Waals surface area contributed by atoms with Crippen molar-refractivity contribution in [3.8, 4) is 5.88 Å². The molecule has 0 spiro atoms. The largest absolute Gasteiger partial charge is 0.480 e. The quantitative estimate of drug-likeness (QED) is 0.917. The first-order chi connectivity index (χ1) is 10.3. The second kappa shape index (κ2) is 6.01. The van der Waals surface area contributed by atoms with Gasteiger partial charge in [0.25, 0.3) is 10.0 Å². The van der Waals surface area contributed by atoms with E-state index < -0.39 is 32.4 Å². The number of hydrogen-bond donors (Lipinski definition) is 1. The lowest BCUT2D eigenvalue weighted by molar-refractivity contribution is 0.385. The van der Waals surface area contributed by atoms with Crippen molar-refractivity contribution < 1.29 is 21.9 Å². The molecule has 6 nitrogen and oxygen atoms in total. The minimum atomic E-state index is -4.28. The van der Waals surface area contributed by atoms with Gasteiger partial charge in [0.05, 0.1) is 18.3 Å². The first-order valence-corrected chi connectivity index (χ1v) is 7.65. The second-order valence-corrected chi connectivity index (χ2v) is 6.25. The van der Waals surface area contributed by atoms with Crippen LogP contribution in [-0.2, 0) is 10.0 Å². The van der Waals surface area contributed by atoms with Crippen LogP contribution in [0.25, 0.3) is 0 Å². The summed E-state index contributed by atoms with van der Waals surface area (Å²) < 4.78 is 58.4. The Hall–Kier alpha value is -2.00. The molecule has 22 heavy (non-hydrogen) atoms. The lowest BCUT2D eigenvalue weighted by atomic mass is 10.3. The molecule has 0 amide bonds. The van der Waals surface area contributed by atoms with Gasteiger partial charge in [0.1, 0.15) is 5.82 Å². The van der Waals surface area contributed by atoms with Gasteiger partial charge in [-0.25, -0.2) is 27.2 Å². The van der Waals surface area contributed by atoms with Crippen LogP contribution in [0.4, 0.5) is 14.6 Å². The predicted molar refractivity (Wildman–Crippen MR) is 75.5 cm³/mol. The summed E-state index contributed by atoms with van der Waals surface area (Å²) in [5, 5.41) is 0.0462. The van der Waals surface area contributed by atoms with Crippen molar-refractivity contribution in [2.45, 2.75) is 11.8 Å². The molecule has 0 atom stereocenters. The minimum absolute atomic E-state index is 0.0462. The molecule has 2 aromatic rings. The topological polar surface area (TPSA) is 81.2 Å². The van der Waals surface area contributed by atoms with E-state index in [9.17, 15) is 17.2 Å². The smallest absolute Gasteiger partial charge is 0.268 e. The van der Waals surface area contributed by atoms with Gasteiger partial charge in [0.15, 0.2) is 16.5 Å². The predicted octanol–water partition coefficient (Wildman–Crippen LogP) is 2.53. The van der Waals surface area contributed by atoms with Crippen molar-refractivity contribution in [3.63, 3.8) is 0 Å². The molecule has 2 heterocycles. The fourth-order valence-corrected chi connectivity index (χ4v) is 2.94. The van der Waals surface area contributed by atoms with Crippen molar-refractivity contribution in [1.29, 1.82) is 0 Å². The molecule has 2 rings (SSSR count). The number of ether oxygens (including phenoxy) is 1. The summed E-state index contributed by atoms with van der Waals surface area (Å²) in [6, 6.07) is 1.09. The Morgan fingerprint density at radius 1 is 1.27 bits per heavy atom. The maximum absolute atomic E-state index is 13.9. The molecular formula is C12H10ClF2N3O3S. The molecule has 0 fully saturated rings. The summed E-state index contributed by atoms with van der Waals surface area (Å²) in [4.78, 5) is 6.71. The summed E-state index contributed by atoms with van der Waals surface area (Å²) >= 11 is 5.71. The molecule has 2 aromatic heterocycles. The van der Waals surface area contributed by atoms with Crippen LogP contribution in [0.5, 0.6) is 5.88 Å². The number of methoxy groups -OCH3 is 1. The van der Waals surface area contributed by atoms with Crippen molar-refractivity contribution in [2.24, 2.45) is 0 Å². The molecule has 0 aliphatic rings. The van der Waals surface area contributed by atoms with E-state index >= 15 is 0 Å². The number of rotatable bonds is 4. The Kier molecular flexibility index (Phi) is 4.47. The van der Waals surface area contributed by atoms with Crippen molar-refractivity contribution >= 4 is 27.4 Å². The molecule has 0 radical (unpaired) electrons. The van der Waals surface area contributed by atoms with Crippen LogP contribution in [0.2, 0.25) is 5.02 Å². The van der Waals surface area contributed by atoms with E-state index in [1.165, 1.54) is 13.3 Å². The van der Waals surface area contributed by atoms with E-state index in [0.717, 1.165) is 13.0 Å². The van der Waals surface area contributed by atoms with Crippen molar-refractivity contribution in [3.05, 3.63) is 40.7 Å². The zero-order chi connectivity index (χ0) is 16.5. The number of hydrogen-bond acceptors (Lipinski definition) is 5. The molecule has 0 saturated carbocycles. The minimum Gasteiger partial charge on any atom is -0.480 e. The van der Waals surface area contributed by atoms with Crippen LogP contribution in [0.3, 0.4) is 0 Å². The van der Waals surface area contributed by atoms with E-state index in [2.05, 4.69) is 9.97 Å². The number of pyridine rings is 2. The van der Waals surface area contributed by atoms with Gasteiger partial charge in [0, 0.05) is 11.8 Å². The van der Waals surface area contributed by atoms with Gasteiger partial charge >= 0.3 is 0 Å². The Labute approximate surface area is 130 Å². The van der Waals surface area contributed by atoms with Crippen LogP contribution < -0.4 is 9.46 Å². The number of nitrogens with one attached hydrogen (secondary N) is 1. The van der Waals surface area contributed by atoms with Gasteiger partial charge in [-0.1, -0.05) is 11.6 Å². The molecule has 0 aliphatic heterocycles. The third-order valence-electron chi connectivity index (χ3n) is 2.70. The van der Waals surface area contributed by atoms with Gasteiger partial charge in [-0.15, -0.1) is 0 Å². The maximum atomic E-state index is 13.9. The van der Waals surface area contributed by atoms with Gasteiger partial charge in [0.2, 0.25) is 5.88 Å². The SMILES string of the molecule is COc1ncc(Cl)cc1S(=O)(=O)Nc1ncc(F)c(C)c1F. The zero-order valence-electron chi connectivity index (χ0n) is 11.4. The highest BCUT2D eigenvalue weighted by atomic mass is 35.5. The third-order valence-corrected chi connectivity index (χ3v) is 4.24. The Morgan fingerprint density at radius 3 is 2.59 bits per heavy atom. The van der Waals surface area contributed by atoms with E-state index in [4.69, 9.17) is 16.3 Å². The zero-order valence-corrected chi connectivity index (χ0v) is 13.0. The molecule has 10 heteroatoms. The van der Waals surface area contributed by atoms with E-state index in [-0.39, 0.29) is 16.5 Å². The Bertz CT molecular complexity index is 831. The fraction of sp³-hybridized carbons (Fsp3) is 0.167. The highest BCUT2D eigenvalue weighted by Gasteiger charge is 2.24. The number of nitrogens with zero attached hydrogens (tertiary/aromatic N) is 2. The number of sulfonamides is 1. The van der Waals surface area contributed by atoms with E-state index in [0.29, 0.717) is 6.20 Å². The van der Waals surface area contributed by atoms with Gasteiger partial charge in [-0.2, -0.15) is 0 Å². The first kappa shape index (κ1) is 16.4. The maximum Gasteiger partial charge on any atom is 0.268 e. The normalized spacial score (nSPS) is 11.3. The average molecular weight is 350 g/mol. The molecule has 0 unspecified atom stereocenters. The summed E-state index contributed by atoms with van der Waals surface area (Å²) in [5.74, 6) is -2.86.